The molecule has 0 radical (unpaired) electrons. The molecule has 1 heterocycles. The molecule has 1 aromatic heterocycles. The monoisotopic (exact) mass is 285 g/mol. The van der Waals surface area contributed by atoms with Crippen LogP contribution in [0, 0.1) is 0 Å². The Balaban J connectivity index is 2.17. The van der Waals surface area contributed by atoms with Crippen molar-refractivity contribution in [1.82, 2.24) is 9.97 Å². The number of nitrogens with one attached hydrogen (secondary N) is 1. The summed E-state index contributed by atoms with van der Waals surface area (Å²) in [5.41, 5.74) is 8.02. The average molecular weight is 285 g/mol. The molecule has 2 rings (SSSR count). The minimum Gasteiger partial charge on any atom is -0.393 e. The van der Waals surface area contributed by atoms with Crippen molar-refractivity contribution in [3.63, 3.8) is 0 Å². The van der Waals surface area contributed by atoms with Gasteiger partial charge in [0.2, 0.25) is 0 Å². The molecule has 3 N–H and O–H groups in total. The minimum absolute atomic E-state index is 0.328. The van der Waals surface area contributed by atoms with Crippen LogP contribution in [-0.2, 0) is 6.54 Å². The highest BCUT2D eigenvalue weighted by molar-refractivity contribution is 5.74. The van der Waals surface area contributed by atoms with Crippen LogP contribution in [0.1, 0.15) is 25.8 Å². The molecule has 0 spiro atoms. The minimum atomic E-state index is 0.328. The van der Waals surface area contributed by atoms with E-state index in [0.717, 1.165) is 18.8 Å². The molecule has 112 valence electrons. The van der Waals surface area contributed by atoms with Gasteiger partial charge >= 0.3 is 0 Å². The van der Waals surface area contributed by atoms with Gasteiger partial charge < -0.3 is 16.0 Å². The maximum atomic E-state index is 6.21. The molecule has 1 atom stereocenters. The third-order valence-corrected chi connectivity index (χ3v) is 3.48. The Labute approximate surface area is 126 Å². The summed E-state index contributed by atoms with van der Waals surface area (Å²) in [5, 5.41) is 3.32. The van der Waals surface area contributed by atoms with Crippen molar-refractivity contribution < 1.29 is 0 Å². The van der Waals surface area contributed by atoms with Crippen LogP contribution in [0.5, 0.6) is 0 Å². The molecule has 0 bridgehead atoms. The number of nitrogen functional groups attached to an aromatic ring is 1. The predicted molar refractivity (Wildman–Crippen MR) is 88.4 cm³/mol. The van der Waals surface area contributed by atoms with E-state index in [0.29, 0.717) is 17.5 Å². The highest BCUT2D eigenvalue weighted by Crippen LogP contribution is 2.26. The molecular weight excluding hydrogens is 262 g/mol. The second-order valence-corrected chi connectivity index (χ2v) is 5.25. The first-order valence-electron chi connectivity index (χ1n) is 7.23. The first-order chi connectivity index (χ1) is 10.1. The van der Waals surface area contributed by atoms with E-state index in [4.69, 9.17) is 5.73 Å². The van der Waals surface area contributed by atoms with Crippen molar-refractivity contribution in [3.8, 4) is 0 Å². The summed E-state index contributed by atoms with van der Waals surface area (Å²) in [6, 6.07) is 10.6. The molecular formula is C16H23N5. The number of benzene rings is 1. The standard InChI is InChI=1S/C16H23N5/c1-4-12(2)20-15-14(17)16(19-11-18-15)21(3)10-13-8-6-5-7-9-13/h5-9,11-12H,4,10,17H2,1-3H3,(H,18,19,20). The predicted octanol–water partition coefficient (Wildman–Crippen LogP) is 2.91. The zero-order valence-electron chi connectivity index (χ0n) is 12.9. The largest absolute Gasteiger partial charge is 0.393 e. The Morgan fingerprint density at radius 2 is 1.95 bits per heavy atom. The maximum Gasteiger partial charge on any atom is 0.157 e. The van der Waals surface area contributed by atoms with E-state index >= 15 is 0 Å². The number of hydrogen-bond donors (Lipinski definition) is 2. The van der Waals surface area contributed by atoms with Gasteiger partial charge in [0.25, 0.3) is 0 Å². The van der Waals surface area contributed by atoms with Gasteiger partial charge in [0.05, 0.1) is 0 Å². The van der Waals surface area contributed by atoms with Crippen LogP contribution in [0.4, 0.5) is 17.3 Å². The van der Waals surface area contributed by atoms with E-state index in [1.54, 1.807) is 6.33 Å². The molecule has 21 heavy (non-hydrogen) atoms. The van der Waals surface area contributed by atoms with Crippen LogP contribution in [0.3, 0.4) is 0 Å². The highest BCUT2D eigenvalue weighted by atomic mass is 15.2. The molecule has 0 saturated carbocycles. The van der Waals surface area contributed by atoms with E-state index < -0.39 is 0 Å². The lowest BCUT2D eigenvalue weighted by molar-refractivity contribution is 0.758. The Kier molecular flexibility index (Phi) is 4.98. The molecule has 2 aromatic rings. The smallest absolute Gasteiger partial charge is 0.157 e. The Bertz CT molecular complexity index is 570. The summed E-state index contributed by atoms with van der Waals surface area (Å²) >= 11 is 0. The summed E-state index contributed by atoms with van der Waals surface area (Å²) in [6.07, 6.45) is 2.57. The average Bonchev–Trinajstić information content (AvgIpc) is 2.50. The van der Waals surface area contributed by atoms with Crippen LogP contribution in [0.15, 0.2) is 36.7 Å². The fraction of sp³-hybridized carbons (Fsp3) is 0.375. The van der Waals surface area contributed by atoms with E-state index in [-0.39, 0.29) is 0 Å². The zero-order chi connectivity index (χ0) is 15.2. The number of rotatable bonds is 6. The van der Waals surface area contributed by atoms with Crippen molar-refractivity contribution >= 4 is 17.3 Å². The first-order valence-corrected chi connectivity index (χ1v) is 7.23. The molecule has 0 saturated heterocycles. The van der Waals surface area contributed by atoms with Gasteiger partial charge in [-0.3, -0.25) is 0 Å². The Hall–Kier alpha value is -2.30. The summed E-state index contributed by atoms with van der Waals surface area (Å²) in [5.74, 6) is 1.45. The van der Waals surface area contributed by atoms with Crippen LogP contribution in [0.2, 0.25) is 0 Å². The van der Waals surface area contributed by atoms with Crippen molar-refractivity contribution in [1.29, 1.82) is 0 Å². The van der Waals surface area contributed by atoms with Gasteiger partial charge in [-0.15, -0.1) is 0 Å². The van der Waals surface area contributed by atoms with Crippen molar-refractivity contribution in [2.75, 3.05) is 23.0 Å². The number of aromatic nitrogens is 2. The molecule has 0 aliphatic carbocycles. The van der Waals surface area contributed by atoms with Crippen LogP contribution in [0.25, 0.3) is 0 Å². The van der Waals surface area contributed by atoms with E-state index in [2.05, 4.69) is 41.3 Å². The molecule has 5 heteroatoms. The second kappa shape index (κ2) is 6.92. The fourth-order valence-corrected chi connectivity index (χ4v) is 2.07. The number of hydrogen-bond acceptors (Lipinski definition) is 5. The van der Waals surface area contributed by atoms with Gasteiger partial charge in [0.1, 0.15) is 12.0 Å². The normalized spacial score (nSPS) is 12.0. The third kappa shape index (κ3) is 3.84. The second-order valence-electron chi connectivity index (χ2n) is 5.25. The maximum absolute atomic E-state index is 6.21. The van der Waals surface area contributed by atoms with Crippen LogP contribution in [-0.4, -0.2) is 23.1 Å². The zero-order valence-corrected chi connectivity index (χ0v) is 12.9. The summed E-state index contributed by atoms with van der Waals surface area (Å²) < 4.78 is 0. The molecule has 0 fully saturated rings. The lowest BCUT2D eigenvalue weighted by atomic mass is 10.2. The van der Waals surface area contributed by atoms with Crippen molar-refractivity contribution in [3.05, 3.63) is 42.2 Å². The highest BCUT2D eigenvalue weighted by Gasteiger charge is 2.13. The molecule has 5 nitrogen and oxygen atoms in total. The van der Waals surface area contributed by atoms with Gasteiger partial charge in [0.15, 0.2) is 11.6 Å². The number of anilines is 3. The molecule has 0 aliphatic heterocycles. The lowest BCUT2D eigenvalue weighted by Crippen LogP contribution is -2.22. The Morgan fingerprint density at radius 3 is 2.62 bits per heavy atom. The van der Waals surface area contributed by atoms with Crippen LogP contribution < -0.4 is 16.0 Å². The molecule has 1 aromatic carbocycles. The number of nitrogens with zero attached hydrogens (tertiary/aromatic N) is 3. The van der Waals surface area contributed by atoms with Gasteiger partial charge in [0, 0.05) is 19.6 Å². The topological polar surface area (TPSA) is 67.1 Å². The van der Waals surface area contributed by atoms with Crippen LogP contribution >= 0.6 is 0 Å². The van der Waals surface area contributed by atoms with E-state index in [9.17, 15) is 0 Å². The van der Waals surface area contributed by atoms with Gasteiger partial charge in [-0.25, -0.2) is 9.97 Å². The van der Waals surface area contributed by atoms with Gasteiger partial charge in [-0.2, -0.15) is 0 Å². The lowest BCUT2D eigenvalue weighted by Gasteiger charge is -2.22. The van der Waals surface area contributed by atoms with Gasteiger partial charge in [-0.1, -0.05) is 37.3 Å². The van der Waals surface area contributed by atoms with Crippen molar-refractivity contribution in [2.24, 2.45) is 0 Å². The summed E-state index contributed by atoms with van der Waals surface area (Å²) in [7, 11) is 1.98. The molecule has 1 unspecified atom stereocenters. The SMILES string of the molecule is CCC(C)Nc1ncnc(N(C)Cc2ccccc2)c1N. The number of nitrogens with two attached hydrogens (primary N) is 1. The fourth-order valence-electron chi connectivity index (χ4n) is 2.07. The summed E-state index contributed by atoms with van der Waals surface area (Å²) in [4.78, 5) is 10.6. The Morgan fingerprint density at radius 1 is 1.24 bits per heavy atom. The third-order valence-electron chi connectivity index (χ3n) is 3.48. The van der Waals surface area contributed by atoms with E-state index in [1.165, 1.54) is 5.56 Å². The van der Waals surface area contributed by atoms with Crippen molar-refractivity contribution in [2.45, 2.75) is 32.9 Å². The first kappa shape index (κ1) is 15.1. The van der Waals surface area contributed by atoms with E-state index in [1.807, 2.05) is 30.1 Å². The quantitative estimate of drug-likeness (QED) is 0.854. The summed E-state index contributed by atoms with van der Waals surface area (Å²) in [6.45, 7) is 4.98. The molecule has 0 amide bonds. The van der Waals surface area contributed by atoms with Gasteiger partial charge in [-0.05, 0) is 18.9 Å². The molecule has 0 aliphatic rings.